The van der Waals surface area contributed by atoms with Gasteiger partial charge in [-0.05, 0) is 159 Å². The summed E-state index contributed by atoms with van der Waals surface area (Å²) < 4.78 is 12.5. The van der Waals surface area contributed by atoms with Crippen LogP contribution >= 0.6 is 0 Å². The van der Waals surface area contributed by atoms with Crippen LogP contribution in [0.25, 0.3) is 60.5 Å². The number of nitrogens with zero attached hydrogens (tertiary/aromatic N) is 2. The molecule has 0 radical (unpaired) electrons. The van der Waals surface area contributed by atoms with Crippen molar-refractivity contribution in [3.8, 4) is 44.9 Å². The Kier molecular flexibility index (Phi) is 12.2. The highest BCUT2D eigenvalue weighted by Crippen LogP contribution is 2.46. The molecule has 10 nitrogen and oxygen atoms in total. The van der Waals surface area contributed by atoms with Crippen LogP contribution in [0.15, 0.2) is 176 Å². The molecule has 78 heavy (non-hydrogen) atoms. The van der Waals surface area contributed by atoms with Crippen molar-refractivity contribution in [3.05, 3.63) is 220 Å². The van der Waals surface area contributed by atoms with Crippen molar-refractivity contribution in [2.45, 2.75) is 66.1 Å². The van der Waals surface area contributed by atoms with Crippen molar-refractivity contribution < 1.29 is 38.2 Å². The minimum Gasteiger partial charge on any atom is -0.489 e. The number of allylic oxidation sites excluding steroid dienone is 8. The zero-order valence-electron chi connectivity index (χ0n) is 43.8. The normalized spacial score (nSPS) is 14.7. The number of ketones is 2. The molecule has 2 heterocycles. The van der Waals surface area contributed by atoms with Crippen molar-refractivity contribution >= 4 is 73.7 Å². The first-order valence-electron chi connectivity index (χ1n) is 26.2. The molecule has 4 aliphatic rings. The van der Waals surface area contributed by atoms with Gasteiger partial charge in [0, 0.05) is 60.8 Å². The number of ether oxygens (including phenoxy) is 2. The first-order chi connectivity index (χ1) is 37.7. The van der Waals surface area contributed by atoms with E-state index in [1.807, 2.05) is 131 Å². The second-order valence-electron chi connectivity index (χ2n) is 20.6. The average molecular weight is 1030 g/mol. The van der Waals surface area contributed by atoms with Gasteiger partial charge in [0.25, 0.3) is 23.6 Å². The zero-order chi connectivity index (χ0) is 54.3. The van der Waals surface area contributed by atoms with Gasteiger partial charge in [-0.15, -0.1) is 0 Å². The molecular formula is C68H52N2O8. The molecule has 2 aliphatic carbocycles. The van der Waals surface area contributed by atoms with Gasteiger partial charge in [0.2, 0.25) is 0 Å². The quantitative estimate of drug-likeness (QED) is 0.0825. The molecule has 0 unspecified atom stereocenters. The minimum atomic E-state index is -0.512. The van der Waals surface area contributed by atoms with Gasteiger partial charge in [-0.2, -0.15) is 0 Å². The number of anilines is 2. The van der Waals surface area contributed by atoms with Crippen LogP contribution in [0.2, 0.25) is 0 Å². The van der Waals surface area contributed by atoms with Crippen molar-refractivity contribution in [3.63, 3.8) is 0 Å². The molecular weight excluding hydrogens is 973 g/mol. The largest absolute Gasteiger partial charge is 0.489 e. The van der Waals surface area contributed by atoms with E-state index in [0.717, 1.165) is 45.4 Å². The molecule has 4 amide bonds. The smallest absolute Gasteiger partial charge is 0.266 e. The van der Waals surface area contributed by atoms with E-state index < -0.39 is 23.6 Å². The monoisotopic (exact) mass is 1020 g/mol. The van der Waals surface area contributed by atoms with E-state index in [0.29, 0.717) is 88.9 Å². The Morgan fingerprint density at radius 2 is 0.859 bits per heavy atom. The molecule has 8 aromatic carbocycles. The van der Waals surface area contributed by atoms with Crippen LogP contribution in [-0.4, -0.2) is 47.4 Å². The van der Waals surface area contributed by atoms with Crippen LogP contribution < -0.4 is 19.3 Å². The molecule has 0 aromatic heterocycles. The predicted octanol–water partition coefficient (Wildman–Crippen LogP) is 15.1. The lowest BCUT2D eigenvalue weighted by molar-refractivity contribution is 0.0876. The molecule has 0 spiro atoms. The van der Waals surface area contributed by atoms with Crippen LogP contribution in [0.4, 0.5) is 11.4 Å². The van der Waals surface area contributed by atoms with Crippen LogP contribution in [0.5, 0.6) is 11.5 Å². The standard InChI is InChI=1S/C68H52N2O8/c1-37(2)77-59-35-47(41-11-7-8-12-41)23-33-57(59)69-65(73)53-29-25-49(39(5)71)61-51(27-31-55(63(53)61)67(69)75)45-19-15-43(16-20-45)44-17-21-46(22-18-44)52-28-32-56-64-54(30-26-50(40(6)72)62(52)64)66(74)70(68(56)76)58-34-24-48(42-13-9-10-14-42)36-60(58)78-38(3)4/h7-9,11-38,41H,10H2,1-6H3. The molecule has 382 valence electrons. The Balaban J connectivity index is 0.868. The third kappa shape index (κ3) is 8.19. The lowest BCUT2D eigenvalue weighted by Crippen LogP contribution is -2.41. The SMILES string of the molecule is CC(=O)c1ccc2c3c(ccc(-c4ccc(-c5ccc(-c6ccc7c8c(ccc(C(C)=O)c68)C(=O)N(c6ccc(C8C=CC=C8)cc6OC(C)C)C7=O)cc5)cc4)c13)C(=O)N(c1ccc(C3=CCC=C3)cc1OC(C)C)C2=O. The highest BCUT2D eigenvalue weighted by Gasteiger charge is 2.39. The Hall–Kier alpha value is -9.54. The summed E-state index contributed by atoms with van der Waals surface area (Å²) in [4.78, 5) is 87.7. The highest BCUT2D eigenvalue weighted by molar-refractivity contribution is 6.39. The van der Waals surface area contributed by atoms with E-state index in [1.54, 1.807) is 48.5 Å². The third-order valence-electron chi connectivity index (χ3n) is 14.9. The molecule has 8 aromatic rings. The topological polar surface area (TPSA) is 127 Å². The summed E-state index contributed by atoms with van der Waals surface area (Å²) in [6.45, 7) is 10.6. The number of imide groups is 2. The maximum atomic E-state index is 14.7. The zero-order valence-corrected chi connectivity index (χ0v) is 43.8. The van der Waals surface area contributed by atoms with Gasteiger partial charge in [-0.1, -0.05) is 115 Å². The number of carbonyl (C=O) groups excluding carboxylic acids is 6. The molecule has 0 atom stereocenters. The Morgan fingerprint density at radius 3 is 1.28 bits per heavy atom. The fraction of sp³-hybridized carbons (Fsp3) is 0.147. The van der Waals surface area contributed by atoms with Crippen molar-refractivity contribution in [2.75, 3.05) is 9.80 Å². The van der Waals surface area contributed by atoms with E-state index in [9.17, 15) is 28.8 Å². The summed E-state index contributed by atoms with van der Waals surface area (Å²) in [6.07, 6.45) is 14.7. The number of hydrogen-bond donors (Lipinski definition) is 0. The van der Waals surface area contributed by atoms with E-state index in [1.165, 1.54) is 23.6 Å². The molecule has 12 rings (SSSR count). The van der Waals surface area contributed by atoms with Crippen molar-refractivity contribution in [1.82, 2.24) is 0 Å². The molecule has 0 saturated heterocycles. The molecule has 10 heteroatoms. The maximum absolute atomic E-state index is 14.7. The van der Waals surface area contributed by atoms with Crippen molar-refractivity contribution in [2.24, 2.45) is 0 Å². The number of hydrogen-bond acceptors (Lipinski definition) is 8. The molecule has 0 saturated carbocycles. The van der Waals surface area contributed by atoms with Gasteiger partial charge in [-0.3, -0.25) is 28.8 Å². The summed E-state index contributed by atoms with van der Waals surface area (Å²) in [5, 5.41) is 1.92. The van der Waals surface area contributed by atoms with E-state index >= 15 is 0 Å². The fourth-order valence-corrected chi connectivity index (χ4v) is 11.4. The van der Waals surface area contributed by atoms with Gasteiger partial charge in [0.15, 0.2) is 11.6 Å². The number of benzene rings is 8. The first-order valence-corrected chi connectivity index (χ1v) is 26.2. The number of carbonyl (C=O) groups is 6. The van der Waals surface area contributed by atoms with Gasteiger partial charge < -0.3 is 9.47 Å². The molecule has 2 aliphatic heterocycles. The van der Waals surface area contributed by atoms with Crippen LogP contribution in [0.1, 0.15) is 127 Å². The van der Waals surface area contributed by atoms with E-state index in [4.69, 9.17) is 9.47 Å². The van der Waals surface area contributed by atoms with E-state index in [2.05, 4.69) is 24.3 Å². The number of Topliss-reactive ketones (excluding diaryl/α,β-unsaturated/α-hetero) is 2. The maximum Gasteiger partial charge on any atom is 0.266 e. The summed E-state index contributed by atoms with van der Waals surface area (Å²) in [7, 11) is 0. The van der Waals surface area contributed by atoms with Crippen LogP contribution in [0.3, 0.4) is 0 Å². The second kappa shape index (κ2) is 19.2. The first kappa shape index (κ1) is 49.3. The molecule has 0 bridgehead atoms. The number of rotatable bonds is 13. The molecule has 0 fully saturated rings. The van der Waals surface area contributed by atoms with Gasteiger partial charge in [-0.25, -0.2) is 9.80 Å². The molecule has 0 N–H and O–H groups in total. The van der Waals surface area contributed by atoms with Gasteiger partial charge >= 0.3 is 0 Å². The lowest BCUT2D eigenvalue weighted by Gasteiger charge is -2.30. The average Bonchev–Trinajstić information content (AvgIpc) is 4.31. The van der Waals surface area contributed by atoms with Gasteiger partial charge in [0.1, 0.15) is 11.5 Å². The summed E-state index contributed by atoms with van der Waals surface area (Å²) >= 11 is 0. The third-order valence-corrected chi connectivity index (χ3v) is 14.9. The minimum absolute atomic E-state index is 0.0468. The second-order valence-corrected chi connectivity index (χ2v) is 20.6. The summed E-state index contributed by atoms with van der Waals surface area (Å²) in [5.41, 5.74) is 10.4. The van der Waals surface area contributed by atoms with Crippen molar-refractivity contribution in [1.29, 1.82) is 0 Å². The fourth-order valence-electron chi connectivity index (χ4n) is 11.4. The predicted molar refractivity (Wildman–Crippen MR) is 307 cm³/mol. The van der Waals surface area contributed by atoms with Crippen LogP contribution in [-0.2, 0) is 0 Å². The van der Waals surface area contributed by atoms with Crippen LogP contribution in [0, 0.1) is 0 Å². The highest BCUT2D eigenvalue weighted by atomic mass is 16.5. The van der Waals surface area contributed by atoms with Gasteiger partial charge in [0.05, 0.1) is 23.6 Å². The Labute approximate surface area is 451 Å². The Bertz CT molecular complexity index is 4040. The lowest BCUT2D eigenvalue weighted by atomic mass is 9.85. The Morgan fingerprint density at radius 1 is 0.462 bits per heavy atom. The number of amides is 4. The summed E-state index contributed by atoms with van der Waals surface area (Å²) in [6, 6.07) is 40.6. The summed E-state index contributed by atoms with van der Waals surface area (Å²) in [5.74, 6) is -1.57. The van der Waals surface area contributed by atoms with E-state index in [-0.39, 0.29) is 29.7 Å².